The summed E-state index contributed by atoms with van der Waals surface area (Å²) in [6, 6.07) is 10.7. The number of ether oxygens (including phenoxy) is 1. The zero-order valence-electron chi connectivity index (χ0n) is 20.8. The van der Waals surface area contributed by atoms with Gasteiger partial charge in [0.2, 0.25) is 5.91 Å². The second-order valence-corrected chi connectivity index (χ2v) is 9.95. The Bertz CT molecular complexity index is 1250. The van der Waals surface area contributed by atoms with Gasteiger partial charge < -0.3 is 14.6 Å². The van der Waals surface area contributed by atoms with Crippen molar-refractivity contribution in [3.05, 3.63) is 46.6 Å². The van der Waals surface area contributed by atoms with Crippen molar-refractivity contribution < 1.29 is 9.53 Å². The van der Waals surface area contributed by atoms with Crippen LogP contribution in [-0.2, 0) is 16.1 Å². The topological polar surface area (TPSA) is 97.8 Å². The molecular formula is C26H32N6O2S. The molecule has 0 bridgehead atoms. The summed E-state index contributed by atoms with van der Waals surface area (Å²) >= 11 is 1.34. The average Bonchev–Trinajstić information content (AvgIpc) is 3.56. The maximum Gasteiger partial charge on any atom is 0.235 e. The summed E-state index contributed by atoms with van der Waals surface area (Å²) < 4.78 is 9.45. The quantitative estimate of drug-likeness (QED) is 0.421. The lowest BCUT2D eigenvalue weighted by atomic mass is 10.1. The van der Waals surface area contributed by atoms with Crippen molar-refractivity contribution in [1.29, 1.82) is 5.26 Å². The van der Waals surface area contributed by atoms with Gasteiger partial charge in [0.25, 0.3) is 0 Å². The molecule has 8 nitrogen and oxygen atoms in total. The Balaban J connectivity index is 1.54. The van der Waals surface area contributed by atoms with Crippen LogP contribution >= 0.6 is 11.8 Å². The number of thioether (sulfide) groups is 1. The van der Waals surface area contributed by atoms with Crippen molar-refractivity contribution in [3.8, 4) is 17.5 Å². The number of methoxy groups -OCH3 is 1. The molecule has 1 aliphatic carbocycles. The number of rotatable bonds is 9. The van der Waals surface area contributed by atoms with Gasteiger partial charge in [-0.15, -0.1) is 10.2 Å². The van der Waals surface area contributed by atoms with Crippen LogP contribution in [-0.4, -0.2) is 44.7 Å². The van der Waals surface area contributed by atoms with E-state index in [4.69, 9.17) is 4.74 Å². The molecule has 0 aliphatic heterocycles. The highest BCUT2D eigenvalue weighted by atomic mass is 32.2. The summed E-state index contributed by atoms with van der Waals surface area (Å²) in [6.45, 7) is 7.12. The fraction of sp³-hybridized carbons (Fsp3) is 0.462. The zero-order valence-corrected chi connectivity index (χ0v) is 21.6. The number of carbonyl (C=O) groups excluding carboxylic acids is 1. The molecule has 0 spiro atoms. The van der Waals surface area contributed by atoms with Crippen LogP contribution in [0.15, 0.2) is 29.4 Å². The molecule has 0 radical (unpaired) electrons. The summed E-state index contributed by atoms with van der Waals surface area (Å²) in [4.78, 5) is 13.1. The lowest BCUT2D eigenvalue weighted by molar-refractivity contribution is -0.113. The van der Waals surface area contributed by atoms with Gasteiger partial charge in [-0.1, -0.05) is 48.4 Å². The normalized spacial score (nSPS) is 13.8. The minimum atomic E-state index is -0.165. The SMILES string of the molecule is COCCn1c(SCC(=O)Nc2c(C#N)c(C)c(C)n2C2CCCC2)nnc1-c1cccc(C)c1. The molecule has 1 N–H and O–H groups in total. The second kappa shape index (κ2) is 11.1. The van der Waals surface area contributed by atoms with Crippen molar-refractivity contribution >= 4 is 23.5 Å². The smallest absolute Gasteiger partial charge is 0.235 e. The Labute approximate surface area is 210 Å². The molecule has 3 aromatic rings. The molecular weight excluding hydrogens is 460 g/mol. The summed E-state index contributed by atoms with van der Waals surface area (Å²) in [5, 5.41) is 22.3. The highest BCUT2D eigenvalue weighted by molar-refractivity contribution is 7.99. The molecule has 9 heteroatoms. The number of benzene rings is 1. The largest absolute Gasteiger partial charge is 0.383 e. The number of carbonyl (C=O) groups is 1. The lowest BCUT2D eigenvalue weighted by Crippen LogP contribution is -2.20. The number of hydrogen-bond donors (Lipinski definition) is 1. The number of aromatic nitrogens is 4. The Hall–Kier alpha value is -3.09. The number of anilines is 1. The first-order chi connectivity index (χ1) is 16.9. The first kappa shape index (κ1) is 25.0. The van der Waals surface area contributed by atoms with Gasteiger partial charge in [-0.2, -0.15) is 5.26 Å². The van der Waals surface area contributed by atoms with Gasteiger partial charge in [0.15, 0.2) is 11.0 Å². The van der Waals surface area contributed by atoms with E-state index in [1.54, 1.807) is 7.11 Å². The van der Waals surface area contributed by atoms with Gasteiger partial charge >= 0.3 is 0 Å². The van der Waals surface area contributed by atoms with E-state index in [9.17, 15) is 10.1 Å². The molecule has 35 heavy (non-hydrogen) atoms. The third-order valence-electron chi connectivity index (χ3n) is 6.66. The maximum atomic E-state index is 13.1. The molecule has 1 aromatic carbocycles. The monoisotopic (exact) mass is 492 g/mol. The molecule has 1 saturated carbocycles. The Morgan fingerprint density at radius 3 is 2.71 bits per heavy atom. The molecule has 4 rings (SSSR count). The molecule has 1 amide bonds. The van der Waals surface area contributed by atoms with Gasteiger partial charge in [-0.05, 0) is 45.2 Å². The predicted octanol–water partition coefficient (Wildman–Crippen LogP) is 5.04. The van der Waals surface area contributed by atoms with Crippen molar-refractivity contribution in [2.24, 2.45) is 0 Å². The van der Waals surface area contributed by atoms with Crippen LogP contribution in [0.25, 0.3) is 11.4 Å². The Morgan fingerprint density at radius 1 is 1.26 bits per heavy atom. The number of amides is 1. The maximum absolute atomic E-state index is 13.1. The molecule has 2 aromatic heterocycles. The number of aryl methyl sites for hydroxylation is 1. The van der Waals surface area contributed by atoms with Crippen LogP contribution in [0.3, 0.4) is 0 Å². The van der Waals surface area contributed by atoms with Gasteiger partial charge in [-0.25, -0.2) is 0 Å². The minimum absolute atomic E-state index is 0.164. The number of hydrogen-bond acceptors (Lipinski definition) is 6. The predicted molar refractivity (Wildman–Crippen MR) is 138 cm³/mol. The average molecular weight is 493 g/mol. The standard InChI is InChI=1S/C26H32N6O2S/c1-17-8-7-9-20(14-17)24-29-30-26(31(24)12-13-34-4)35-16-23(33)28-25-22(15-27)18(2)19(3)32(25)21-10-5-6-11-21/h7-9,14,21H,5-6,10-13,16H2,1-4H3,(H,28,33). The van der Waals surface area contributed by atoms with E-state index in [2.05, 4.69) is 32.2 Å². The molecule has 1 aliphatic rings. The van der Waals surface area contributed by atoms with Gasteiger partial charge in [0.1, 0.15) is 11.9 Å². The van der Waals surface area contributed by atoms with Crippen molar-refractivity contribution in [1.82, 2.24) is 19.3 Å². The molecule has 2 heterocycles. The number of nitrogens with one attached hydrogen (secondary N) is 1. The molecule has 0 saturated heterocycles. The summed E-state index contributed by atoms with van der Waals surface area (Å²) in [6.07, 6.45) is 4.49. The van der Waals surface area contributed by atoms with Gasteiger partial charge in [-0.3, -0.25) is 9.36 Å². The second-order valence-electron chi connectivity index (χ2n) is 9.01. The van der Waals surface area contributed by atoms with Gasteiger partial charge in [0, 0.05) is 24.4 Å². The third kappa shape index (κ3) is 5.29. The molecule has 1 fully saturated rings. The first-order valence-corrected chi connectivity index (χ1v) is 13.0. The summed E-state index contributed by atoms with van der Waals surface area (Å²) in [5.74, 6) is 1.38. The van der Waals surface area contributed by atoms with Crippen LogP contribution < -0.4 is 5.32 Å². The van der Waals surface area contributed by atoms with Crippen LogP contribution in [0.1, 0.15) is 54.1 Å². The van der Waals surface area contributed by atoms with Crippen molar-refractivity contribution in [2.45, 2.75) is 64.2 Å². The van der Waals surface area contributed by atoms with Crippen LogP contribution in [0, 0.1) is 32.1 Å². The third-order valence-corrected chi connectivity index (χ3v) is 7.63. The molecule has 0 atom stereocenters. The minimum Gasteiger partial charge on any atom is -0.383 e. The van der Waals surface area contributed by atoms with E-state index in [0.29, 0.717) is 35.7 Å². The Morgan fingerprint density at radius 2 is 2.03 bits per heavy atom. The van der Waals surface area contributed by atoms with Crippen molar-refractivity contribution in [3.63, 3.8) is 0 Å². The van der Waals surface area contributed by atoms with E-state index in [1.165, 1.54) is 24.6 Å². The molecule has 184 valence electrons. The van der Waals surface area contributed by atoms with E-state index in [0.717, 1.165) is 41.1 Å². The lowest BCUT2D eigenvalue weighted by Gasteiger charge is -2.19. The molecule has 0 unspecified atom stereocenters. The van der Waals surface area contributed by atoms with Crippen LogP contribution in [0.5, 0.6) is 0 Å². The van der Waals surface area contributed by atoms with Crippen LogP contribution in [0.4, 0.5) is 5.82 Å². The first-order valence-electron chi connectivity index (χ1n) is 12.0. The number of nitrogens with zero attached hydrogens (tertiary/aromatic N) is 5. The fourth-order valence-electron chi connectivity index (χ4n) is 4.78. The summed E-state index contributed by atoms with van der Waals surface area (Å²) in [7, 11) is 1.66. The fourth-order valence-corrected chi connectivity index (χ4v) is 5.55. The Kier molecular flexibility index (Phi) is 7.93. The highest BCUT2D eigenvalue weighted by Gasteiger charge is 2.27. The highest BCUT2D eigenvalue weighted by Crippen LogP contribution is 2.38. The van der Waals surface area contributed by atoms with E-state index in [-0.39, 0.29) is 11.7 Å². The zero-order chi connectivity index (χ0) is 24.9. The van der Waals surface area contributed by atoms with E-state index in [1.807, 2.05) is 43.5 Å². The van der Waals surface area contributed by atoms with Gasteiger partial charge in [0.05, 0.1) is 24.5 Å². The summed E-state index contributed by atoms with van der Waals surface area (Å²) in [5.41, 5.74) is 4.66. The van der Waals surface area contributed by atoms with Crippen molar-refractivity contribution in [2.75, 3.05) is 24.8 Å². The van der Waals surface area contributed by atoms with E-state index >= 15 is 0 Å². The van der Waals surface area contributed by atoms with E-state index < -0.39 is 0 Å². The number of nitriles is 1. The van der Waals surface area contributed by atoms with Crippen LogP contribution in [0.2, 0.25) is 0 Å².